The Balaban J connectivity index is 1.99. The number of nitrogens with zero attached hydrogens (tertiary/aromatic N) is 3. The first-order chi connectivity index (χ1) is 10.7. The third-order valence-electron chi connectivity index (χ3n) is 4.27. The number of rotatable bonds is 5. The lowest BCUT2D eigenvalue weighted by Crippen LogP contribution is -2.47. The number of aromatic nitrogens is 2. The fourth-order valence-electron chi connectivity index (χ4n) is 2.91. The van der Waals surface area contributed by atoms with Gasteiger partial charge in [-0.1, -0.05) is 0 Å². The van der Waals surface area contributed by atoms with Crippen LogP contribution >= 0.6 is 0 Å². The first kappa shape index (κ1) is 17.9. The fraction of sp³-hybridized carbons (Fsp3) is 0.714. The van der Waals surface area contributed by atoms with Gasteiger partial charge in [0.1, 0.15) is 4.90 Å². The number of aryl methyl sites for hydroxylation is 2. The van der Waals surface area contributed by atoms with E-state index in [2.05, 4.69) is 15.1 Å². The van der Waals surface area contributed by atoms with Gasteiger partial charge in [-0.2, -0.15) is 5.10 Å². The van der Waals surface area contributed by atoms with Crippen molar-refractivity contribution in [3.63, 3.8) is 0 Å². The maximum atomic E-state index is 12.6. The number of hydrogen-bond donors (Lipinski definition) is 2. The van der Waals surface area contributed by atoms with Crippen LogP contribution in [0, 0.1) is 13.8 Å². The standard InChI is InChI=1S/C14H25N5O3S/c1-10-14(11(2)18(4)16-10)23(21,22)17-12-5-7-19(8-6-12)9-13(20)15-3/h12,17H,5-9H2,1-4H3,(H,15,20). The highest BCUT2D eigenvalue weighted by Crippen LogP contribution is 2.20. The summed E-state index contributed by atoms with van der Waals surface area (Å²) < 4.78 is 29.6. The smallest absolute Gasteiger partial charge is 0.244 e. The van der Waals surface area contributed by atoms with Crippen LogP contribution in [-0.4, -0.2) is 61.7 Å². The van der Waals surface area contributed by atoms with Crippen LogP contribution in [0.15, 0.2) is 4.90 Å². The van der Waals surface area contributed by atoms with Crippen molar-refractivity contribution in [2.24, 2.45) is 7.05 Å². The number of carbonyl (C=O) groups is 1. The number of piperidine rings is 1. The second-order valence-corrected chi connectivity index (χ2v) is 7.62. The molecule has 1 fully saturated rings. The number of likely N-dealkylation sites (tertiary alicyclic amines) is 1. The van der Waals surface area contributed by atoms with Crippen molar-refractivity contribution in [2.45, 2.75) is 37.6 Å². The van der Waals surface area contributed by atoms with Crippen LogP contribution < -0.4 is 10.0 Å². The maximum Gasteiger partial charge on any atom is 0.244 e. The number of nitrogens with one attached hydrogen (secondary N) is 2. The molecule has 1 aliphatic heterocycles. The second kappa shape index (κ2) is 6.98. The number of likely N-dealkylation sites (N-methyl/N-ethyl adjacent to an activating group) is 1. The molecule has 0 unspecified atom stereocenters. The molecular formula is C14H25N5O3S. The lowest BCUT2D eigenvalue weighted by atomic mass is 10.1. The maximum absolute atomic E-state index is 12.6. The Morgan fingerprint density at radius 2 is 1.91 bits per heavy atom. The van der Waals surface area contributed by atoms with E-state index >= 15 is 0 Å². The van der Waals surface area contributed by atoms with Crippen molar-refractivity contribution < 1.29 is 13.2 Å². The van der Waals surface area contributed by atoms with Crippen molar-refractivity contribution in [2.75, 3.05) is 26.7 Å². The molecule has 9 heteroatoms. The number of hydrogen-bond acceptors (Lipinski definition) is 5. The number of sulfonamides is 1. The van der Waals surface area contributed by atoms with Gasteiger partial charge in [-0.25, -0.2) is 13.1 Å². The Labute approximate surface area is 137 Å². The molecule has 2 rings (SSSR count). The molecule has 1 aromatic heterocycles. The molecule has 0 aromatic carbocycles. The number of amides is 1. The molecule has 0 aliphatic carbocycles. The van der Waals surface area contributed by atoms with E-state index in [-0.39, 0.29) is 16.8 Å². The van der Waals surface area contributed by atoms with Gasteiger partial charge in [0.2, 0.25) is 15.9 Å². The van der Waals surface area contributed by atoms with Gasteiger partial charge < -0.3 is 5.32 Å². The summed E-state index contributed by atoms with van der Waals surface area (Å²) in [6, 6.07) is -0.111. The highest BCUT2D eigenvalue weighted by atomic mass is 32.2. The van der Waals surface area contributed by atoms with E-state index < -0.39 is 10.0 Å². The molecule has 1 amide bonds. The lowest BCUT2D eigenvalue weighted by molar-refractivity contribution is -0.122. The topological polar surface area (TPSA) is 96.3 Å². The SMILES string of the molecule is CNC(=O)CN1CCC(NS(=O)(=O)c2c(C)nn(C)c2C)CC1. The monoisotopic (exact) mass is 343 g/mol. The zero-order valence-corrected chi connectivity index (χ0v) is 14.9. The fourth-order valence-corrected chi connectivity index (χ4v) is 4.66. The van der Waals surface area contributed by atoms with E-state index in [9.17, 15) is 13.2 Å². The van der Waals surface area contributed by atoms with E-state index in [4.69, 9.17) is 0 Å². The van der Waals surface area contributed by atoms with Crippen molar-refractivity contribution >= 4 is 15.9 Å². The summed E-state index contributed by atoms with van der Waals surface area (Å²) in [4.78, 5) is 13.7. The molecule has 2 N–H and O–H groups in total. The summed E-state index contributed by atoms with van der Waals surface area (Å²) >= 11 is 0. The summed E-state index contributed by atoms with van der Waals surface area (Å²) in [5.41, 5.74) is 1.14. The zero-order chi connectivity index (χ0) is 17.2. The third kappa shape index (κ3) is 4.10. The molecule has 1 saturated heterocycles. The van der Waals surface area contributed by atoms with Crippen LogP contribution in [0.25, 0.3) is 0 Å². The quantitative estimate of drug-likeness (QED) is 0.753. The molecule has 1 aliphatic rings. The van der Waals surface area contributed by atoms with Crippen LogP contribution in [0.4, 0.5) is 0 Å². The summed E-state index contributed by atoms with van der Waals surface area (Å²) in [5.74, 6) is -0.0226. The number of carbonyl (C=O) groups excluding carboxylic acids is 1. The third-order valence-corrected chi connectivity index (χ3v) is 6.04. The van der Waals surface area contributed by atoms with Crippen molar-refractivity contribution in [1.82, 2.24) is 24.7 Å². The minimum atomic E-state index is -3.58. The highest BCUT2D eigenvalue weighted by molar-refractivity contribution is 7.89. The summed E-state index contributed by atoms with van der Waals surface area (Å²) in [7, 11) is -0.229. The van der Waals surface area contributed by atoms with Gasteiger partial charge >= 0.3 is 0 Å². The first-order valence-electron chi connectivity index (χ1n) is 7.70. The van der Waals surface area contributed by atoms with Gasteiger partial charge in [-0.05, 0) is 26.7 Å². The summed E-state index contributed by atoms with van der Waals surface area (Å²) in [5, 5.41) is 6.77. The molecule has 1 aromatic rings. The Morgan fingerprint density at radius 3 is 2.39 bits per heavy atom. The second-order valence-electron chi connectivity index (χ2n) is 5.97. The summed E-state index contributed by atoms with van der Waals surface area (Å²) in [6.45, 7) is 5.21. The van der Waals surface area contributed by atoms with Gasteiger partial charge in [-0.15, -0.1) is 0 Å². The van der Waals surface area contributed by atoms with Gasteiger partial charge in [0, 0.05) is 33.2 Å². The van der Waals surface area contributed by atoms with Gasteiger partial charge in [0.05, 0.1) is 17.9 Å². The van der Waals surface area contributed by atoms with E-state index in [0.29, 0.717) is 43.9 Å². The zero-order valence-electron chi connectivity index (χ0n) is 14.1. The highest BCUT2D eigenvalue weighted by Gasteiger charge is 2.29. The molecule has 0 atom stereocenters. The molecule has 130 valence electrons. The van der Waals surface area contributed by atoms with Gasteiger partial charge in [-0.3, -0.25) is 14.4 Å². The van der Waals surface area contributed by atoms with Crippen LogP contribution in [0.3, 0.4) is 0 Å². The van der Waals surface area contributed by atoms with E-state index in [0.717, 1.165) is 0 Å². The average molecular weight is 343 g/mol. The Bertz CT molecular complexity index is 675. The van der Waals surface area contributed by atoms with E-state index in [1.54, 1.807) is 32.6 Å². The molecule has 8 nitrogen and oxygen atoms in total. The average Bonchev–Trinajstić information content (AvgIpc) is 2.74. The van der Waals surface area contributed by atoms with Crippen LogP contribution in [0.1, 0.15) is 24.2 Å². The van der Waals surface area contributed by atoms with Crippen LogP contribution in [0.2, 0.25) is 0 Å². The normalized spacial score (nSPS) is 17.4. The van der Waals surface area contributed by atoms with Gasteiger partial charge in [0.15, 0.2) is 0 Å². The van der Waals surface area contributed by atoms with Crippen molar-refractivity contribution in [3.8, 4) is 0 Å². The lowest BCUT2D eigenvalue weighted by Gasteiger charge is -2.31. The molecule has 0 radical (unpaired) electrons. The van der Waals surface area contributed by atoms with Crippen LogP contribution in [0.5, 0.6) is 0 Å². The molecule has 2 heterocycles. The molecular weight excluding hydrogens is 318 g/mol. The largest absolute Gasteiger partial charge is 0.358 e. The molecule has 0 spiro atoms. The van der Waals surface area contributed by atoms with Crippen LogP contribution in [-0.2, 0) is 21.9 Å². The van der Waals surface area contributed by atoms with Crippen molar-refractivity contribution in [1.29, 1.82) is 0 Å². The predicted molar refractivity (Wildman–Crippen MR) is 86.5 cm³/mol. The molecule has 0 saturated carbocycles. The Kier molecular flexibility index (Phi) is 5.43. The molecule has 0 bridgehead atoms. The van der Waals surface area contributed by atoms with Crippen molar-refractivity contribution in [3.05, 3.63) is 11.4 Å². The van der Waals surface area contributed by atoms with E-state index in [1.165, 1.54) is 0 Å². The minimum absolute atomic E-state index is 0.0226. The summed E-state index contributed by atoms with van der Waals surface area (Å²) in [6.07, 6.45) is 1.38. The Hall–Kier alpha value is -1.45. The first-order valence-corrected chi connectivity index (χ1v) is 9.18. The predicted octanol–water partition coefficient (Wildman–Crippen LogP) is -0.474. The Morgan fingerprint density at radius 1 is 1.30 bits per heavy atom. The van der Waals surface area contributed by atoms with Gasteiger partial charge in [0.25, 0.3) is 0 Å². The minimum Gasteiger partial charge on any atom is -0.358 e. The van der Waals surface area contributed by atoms with E-state index in [1.807, 2.05) is 4.90 Å². The molecule has 23 heavy (non-hydrogen) atoms.